The summed E-state index contributed by atoms with van der Waals surface area (Å²) in [5.41, 5.74) is 3.26. The van der Waals surface area contributed by atoms with Gasteiger partial charge in [0.25, 0.3) is 0 Å². The van der Waals surface area contributed by atoms with E-state index in [1.54, 1.807) is 0 Å². The number of rotatable bonds is 2. The molecule has 1 spiro atoms. The molecule has 33 heavy (non-hydrogen) atoms. The first-order valence-corrected chi connectivity index (χ1v) is 12.2. The Balaban J connectivity index is 1.06. The zero-order valence-electron chi connectivity index (χ0n) is 18.6. The van der Waals surface area contributed by atoms with Crippen LogP contribution in [0.4, 0.5) is 5.69 Å². The van der Waals surface area contributed by atoms with Crippen molar-refractivity contribution in [3.63, 3.8) is 0 Å². The lowest BCUT2D eigenvalue weighted by Gasteiger charge is -2.46. The number of nitrogens with zero attached hydrogens (tertiary/aromatic N) is 3. The maximum absolute atomic E-state index is 13.2. The molecule has 4 unspecified atom stereocenters. The van der Waals surface area contributed by atoms with Crippen LogP contribution < -0.4 is 5.32 Å². The van der Waals surface area contributed by atoms with E-state index in [0.29, 0.717) is 24.9 Å². The highest BCUT2D eigenvalue weighted by Crippen LogP contribution is 2.56. The number of anilines is 1. The third kappa shape index (κ3) is 2.59. The Bertz CT molecular complexity index is 1150. The fourth-order valence-corrected chi connectivity index (χ4v) is 7.47. The van der Waals surface area contributed by atoms with Crippen LogP contribution in [0.15, 0.2) is 42.6 Å². The number of imide groups is 1. The van der Waals surface area contributed by atoms with Gasteiger partial charge in [-0.05, 0) is 68.2 Å². The fourth-order valence-electron chi connectivity index (χ4n) is 7.47. The summed E-state index contributed by atoms with van der Waals surface area (Å²) in [6.07, 6.45) is 6.80. The van der Waals surface area contributed by atoms with Crippen molar-refractivity contribution in [3.05, 3.63) is 48.3 Å². The Hall–Kier alpha value is -3.09. The van der Waals surface area contributed by atoms with Crippen molar-refractivity contribution in [3.8, 4) is 5.69 Å². The van der Waals surface area contributed by atoms with Gasteiger partial charge in [-0.15, -0.1) is 0 Å². The second kappa shape index (κ2) is 6.72. The predicted octanol–water partition coefficient (Wildman–Crippen LogP) is 2.75. The molecule has 7 rings (SSSR count). The number of fused-ring (bicyclic) bond motifs is 9. The van der Waals surface area contributed by atoms with Gasteiger partial charge in [0, 0.05) is 25.0 Å². The van der Waals surface area contributed by atoms with E-state index in [-0.39, 0.29) is 41.6 Å². The highest BCUT2D eigenvalue weighted by molar-refractivity contribution is 6.08. The average Bonchev–Trinajstić information content (AvgIpc) is 3.61. The third-order valence-corrected chi connectivity index (χ3v) is 9.06. The number of aromatic nitrogens is 1. The maximum Gasteiger partial charge on any atom is 0.242 e. The summed E-state index contributed by atoms with van der Waals surface area (Å²) >= 11 is 0. The number of hydrogen-bond acceptors (Lipinski definition) is 4. The first kappa shape index (κ1) is 19.4. The first-order chi connectivity index (χ1) is 16.1. The van der Waals surface area contributed by atoms with Gasteiger partial charge in [-0.1, -0.05) is 12.1 Å². The molecule has 7 heteroatoms. The lowest BCUT2D eigenvalue weighted by Crippen LogP contribution is -2.53. The summed E-state index contributed by atoms with van der Waals surface area (Å²) in [4.78, 5) is 42.3. The standard InChI is InChI=1S/C26H28N4O3/c31-21(15-30-24(32)22-16-7-8-17(14-16)23(22)25(30)33)28-12-9-26(10-13-28)20-6-3-11-29(20)19-5-2-1-4-18(19)27-26/h1-6,11,16-17,22-23,27H,7-10,12-15H2. The van der Waals surface area contributed by atoms with Crippen molar-refractivity contribution in [2.75, 3.05) is 25.0 Å². The minimum atomic E-state index is -0.218. The Labute approximate surface area is 192 Å². The van der Waals surface area contributed by atoms with Gasteiger partial charge < -0.3 is 14.8 Å². The highest BCUT2D eigenvalue weighted by atomic mass is 16.2. The minimum absolute atomic E-state index is 0.0935. The molecule has 3 amide bonds. The van der Waals surface area contributed by atoms with E-state index in [1.807, 2.05) is 17.0 Å². The van der Waals surface area contributed by atoms with E-state index in [1.165, 1.54) is 10.6 Å². The topological polar surface area (TPSA) is 74.7 Å². The largest absolute Gasteiger partial charge is 0.372 e. The van der Waals surface area contributed by atoms with Gasteiger partial charge in [-0.25, -0.2) is 0 Å². The molecule has 1 N–H and O–H groups in total. The van der Waals surface area contributed by atoms with E-state index in [9.17, 15) is 14.4 Å². The van der Waals surface area contributed by atoms with Crippen molar-refractivity contribution in [2.45, 2.75) is 37.6 Å². The van der Waals surface area contributed by atoms with Gasteiger partial charge in [0.2, 0.25) is 17.7 Å². The molecule has 2 saturated heterocycles. The van der Waals surface area contributed by atoms with Gasteiger partial charge in [-0.2, -0.15) is 0 Å². The number of carbonyl (C=O) groups is 3. The quantitative estimate of drug-likeness (QED) is 0.723. The average molecular weight is 445 g/mol. The minimum Gasteiger partial charge on any atom is -0.372 e. The number of hydrogen-bond donors (Lipinski definition) is 1. The molecule has 3 aliphatic heterocycles. The van der Waals surface area contributed by atoms with Crippen LogP contribution in [0.5, 0.6) is 0 Å². The SMILES string of the molecule is O=C(CN1C(=O)C2C3CCC(C3)C2C1=O)N1CCC2(CC1)Nc1ccccc1-n1cccc12. The van der Waals surface area contributed by atoms with Crippen LogP contribution in [0.25, 0.3) is 5.69 Å². The van der Waals surface area contributed by atoms with Crippen LogP contribution in [-0.2, 0) is 19.9 Å². The molecule has 170 valence electrons. The van der Waals surface area contributed by atoms with Crippen molar-refractivity contribution >= 4 is 23.4 Å². The van der Waals surface area contributed by atoms with Gasteiger partial charge >= 0.3 is 0 Å². The second-order valence-electron chi connectivity index (χ2n) is 10.5. The van der Waals surface area contributed by atoms with Crippen LogP contribution in [-0.4, -0.2) is 51.7 Å². The van der Waals surface area contributed by atoms with Crippen molar-refractivity contribution in [2.24, 2.45) is 23.7 Å². The number of nitrogens with one attached hydrogen (secondary N) is 1. The zero-order chi connectivity index (χ0) is 22.3. The van der Waals surface area contributed by atoms with Gasteiger partial charge in [0.05, 0.1) is 28.7 Å². The Morgan fingerprint density at radius 3 is 2.39 bits per heavy atom. The Morgan fingerprint density at radius 2 is 1.67 bits per heavy atom. The van der Waals surface area contributed by atoms with Crippen LogP contribution >= 0.6 is 0 Å². The van der Waals surface area contributed by atoms with E-state index in [0.717, 1.165) is 43.5 Å². The van der Waals surface area contributed by atoms with Crippen LogP contribution in [0.3, 0.4) is 0 Å². The van der Waals surface area contributed by atoms with Crippen molar-refractivity contribution < 1.29 is 14.4 Å². The molecule has 1 aromatic carbocycles. The zero-order valence-corrected chi connectivity index (χ0v) is 18.6. The van der Waals surface area contributed by atoms with Gasteiger partial charge in [-0.3, -0.25) is 19.3 Å². The maximum atomic E-state index is 13.2. The summed E-state index contributed by atoms with van der Waals surface area (Å²) in [5.74, 6) is 0.0852. The number of likely N-dealkylation sites (tertiary alicyclic amines) is 2. The molecule has 1 aromatic heterocycles. The van der Waals surface area contributed by atoms with Crippen LogP contribution in [0.1, 0.15) is 37.8 Å². The Morgan fingerprint density at radius 1 is 0.970 bits per heavy atom. The molecule has 2 saturated carbocycles. The number of piperidine rings is 1. The van der Waals surface area contributed by atoms with Crippen molar-refractivity contribution in [1.82, 2.24) is 14.4 Å². The molecule has 4 fully saturated rings. The second-order valence-corrected chi connectivity index (χ2v) is 10.5. The molecule has 7 nitrogen and oxygen atoms in total. The predicted molar refractivity (Wildman–Crippen MR) is 121 cm³/mol. The number of para-hydroxylation sites is 2. The van der Waals surface area contributed by atoms with Crippen LogP contribution in [0, 0.1) is 23.7 Å². The summed E-state index contributed by atoms with van der Waals surface area (Å²) in [5, 5.41) is 3.77. The molecule has 4 heterocycles. The summed E-state index contributed by atoms with van der Waals surface area (Å²) in [7, 11) is 0. The monoisotopic (exact) mass is 444 g/mol. The van der Waals surface area contributed by atoms with Crippen LogP contribution in [0.2, 0.25) is 0 Å². The third-order valence-electron chi connectivity index (χ3n) is 9.06. The number of amides is 3. The van der Waals surface area contributed by atoms with E-state index >= 15 is 0 Å². The summed E-state index contributed by atoms with van der Waals surface area (Å²) in [6.45, 7) is 1.12. The van der Waals surface area contributed by atoms with Gasteiger partial charge in [0.1, 0.15) is 6.54 Å². The molecule has 2 aliphatic carbocycles. The van der Waals surface area contributed by atoms with Crippen molar-refractivity contribution in [1.29, 1.82) is 0 Å². The lowest BCUT2D eigenvalue weighted by atomic mass is 9.81. The molecule has 5 aliphatic rings. The molecule has 2 aromatic rings. The summed E-state index contributed by atoms with van der Waals surface area (Å²) < 4.78 is 2.25. The molecule has 2 bridgehead atoms. The first-order valence-electron chi connectivity index (χ1n) is 12.2. The smallest absolute Gasteiger partial charge is 0.242 e. The number of carbonyl (C=O) groups excluding carboxylic acids is 3. The van der Waals surface area contributed by atoms with E-state index in [2.05, 4.69) is 40.3 Å². The molecule has 0 radical (unpaired) electrons. The van der Waals surface area contributed by atoms with Gasteiger partial charge in [0.15, 0.2) is 0 Å². The molecule has 4 atom stereocenters. The Kier molecular flexibility index (Phi) is 3.94. The summed E-state index contributed by atoms with van der Waals surface area (Å²) in [6, 6.07) is 12.5. The fraction of sp³-hybridized carbons (Fsp3) is 0.500. The number of benzene rings is 1. The molecular formula is C26H28N4O3. The normalized spacial score (nSPS) is 30.9. The highest BCUT2D eigenvalue weighted by Gasteiger charge is 2.61. The molecular weight excluding hydrogens is 416 g/mol. The lowest BCUT2D eigenvalue weighted by molar-refractivity contribution is -0.147. The van der Waals surface area contributed by atoms with E-state index < -0.39 is 0 Å². The van der Waals surface area contributed by atoms with E-state index in [4.69, 9.17) is 0 Å².